The zero-order valence-corrected chi connectivity index (χ0v) is 12.5. The second kappa shape index (κ2) is 7.88. The van der Waals surface area contributed by atoms with Crippen LogP contribution in [0, 0.1) is 5.92 Å². The van der Waals surface area contributed by atoms with Crippen LogP contribution in [0.1, 0.15) is 31.2 Å². The van der Waals surface area contributed by atoms with E-state index < -0.39 is 0 Å². The smallest absolute Gasteiger partial charge is 0.0576 e. The largest absolute Gasteiger partial charge is 0.378 e. The molecule has 2 nitrogen and oxygen atoms in total. The van der Waals surface area contributed by atoms with Crippen LogP contribution >= 0.6 is 11.6 Å². The van der Waals surface area contributed by atoms with Gasteiger partial charge in [-0.15, -0.1) is 0 Å². The molecule has 0 aliphatic carbocycles. The van der Waals surface area contributed by atoms with Crippen molar-refractivity contribution in [2.24, 2.45) is 5.92 Å². The Morgan fingerprint density at radius 3 is 2.79 bits per heavy atom. The maximum absolute atomic E-state index is 5.93. The maximum atomic E-state index is 5.93. The normalized spacial score (nSPS) is 20.6. The number of hydrogen-bond acceptors (Lipinski definition) is 2. The van der Waals surface area contributed by atoms with Crippen molar-refractivity contribution in [3.63, 3.8) is 0 Å². The molecule has 0 spiro atoms. The number of benzene rings is 1. The van der Waals surface area contributed by atoms with Crippen molar-refractivity contribution in [1.29, 1.82) is 0 Å². The lowest BCUT2D eigenvalue weighted by Crippen LogP contribution is -2.22. The van der Waals surface area contributed by atoms with Crippen molar-refractivity contribution in [3.8, 4) is 0 Å². The van der Waals surface area contributed by atoms with Gasteiger partial charge in [0, 0.05) is 11.6 Å². The summed E-state index contributed by atoms with van der Waals surface area (Å²) in [5, 5.41) is 4.12. The molecule has 1 aromatic rings. The van der Waals surface area contributed by atoms with Gasteiger partial charge in [0.2, 0.25) is 0 Å². The highest BCUT2D eigenvalue weighted by molar-refractivity contribution is 6.30. The summed E-state index contributed by atoms with van der Waals surface area (Å²) in [5.74, 6) is 0.676. The molecule has 1 aliphatic heterocycles. The predicted molar refractivity (Wildman–Crippen MR) is 80.8 cm³/mol. The third-order valence-corrected chi connectivity index (χ3v) is 4.10. The van der Waals surface area contributed by atoms with Crippen molar-refractivity contribution in [3.05, 3.63) is 34.9 Å². The van der Waals surface area contributed by atoms with Gasteiger partial charge in [-0.05, 0) is 69.3 Å². The number of rotatable bonds is 7. The van der Waals surface area contributed by atoms with Gasteiger partial charge in [-0.2, -0.15) is 0 Å². The first-order valence-corrected chi connectivity index (χ1v) is 7.66. The van der Waals surface area contributed by atoms with E-state index in [1.54, 1.807) is 0 Å². The van der Waals surface area contributed by atoms with Gasteiger partial charge < -0.3 is 10.1 Å². The lowest BCUT2D eigenvalue weighted by Gasteiger charge is -2.18. The Hall–Kier alpha value is -0.570. The minimum atomic E-state index is 0.504. The van der Waals surface area contributed by atoms with Crippen molar-refractivity contribution in [2.45, 2.75) is 38.2 Å². The van der Waals surface area contributed by atoms with E-state index in [4.69, 9.17) is 16.3 Å². The van der Waals surface area contributed by atoms with Crippen LogP contribution in [-0.4, -0.2) is 26.3 Å². The number of hydrogen-bond donors (Lipinski definition) is 1. The molecule has 3 heteroatoms. The minimum absolute atomic E-state index is 0.504. The van der Waals surface area contributed by atoms with E-state index in [2.05, 4.69) is 17.4 Å². The average molecular weight is 282 g/mol. The van der Waals surface area contributed by atoms with Gasteiger partial charge in [0.15, 0.2) is 0 Å². The molecule has 1 aliphatic rings. The summed E-state index contributed by atoms with van der Waals surface area (Å²) in [6, 6.07) is 8.23. The van der Waals surface area contributed by atoms with Crippen molar-refractivity contribution < 1.29 is 4.74 Å². The molecule has 0 aromatic heterocycles. The number of nitrogens with one attached hydrogen (secondary N) is 1. The first-order chi connectivity index (χ1) is 9.28. The molecule has 1 N–H and O–H groups in total. The second-order valence-electron chi connectivity index (χ2n) is 5.47. The van der Waals surface area contributed by atoms with Gasteiger partial charge >= 0.3 is 0 Å². The van der Waals surface area contributed by atoms with Gasteiger partial charge in [-0.1, -0.05) is 23.7 Å². The number of ether oxygens (including phenoxy) is 1. The second-order valence-corrected chi connectivity index (χ2v) is 5.90. The lowest BCUT2D eigenvalue weighted by molar-refractivity contribution is 0.0980. The summed E-state index contributed by atoms with van der Waals surface area (Å²) < 4.78 is 5.71. The molecule has 2 unspecified atom stereocenters. The Labute approximate surface area is 121 Å². The Morgan fingerprint density at radius 1 is 1.37 bits per heavy atom. The van der Waals surface area contributed by atoms with Gasteiger partial charge in [0.05, 0.1) is 6.10 Å². The monoisotopic (exact) mass is 281 g/mol. The Kier molecular flexibility index (Phi) is 6.15. The van der Waals surface area contributed by atoms with E-state index in [-0.39, 0.29) is 0 Å². The molecule has 0 saturated carbocycles. The van der Waals surface area contributed by atoms with E-state index in [1.165, 1.54) is 31.2 Å². The molecule has 0 amide bonds. The summed E-state index contributed by atoms with van der Waals surface area (Å²) in [7, 11) is 2.03. The van der Waals surface area contributed by atoms with Crippen molar-refractivity contribution >= 4 is 11.6 Å². The summed E-state index contributed by atoms with van der Waals surface area (Å²) in [6.45, 7) is 2.02. The summed E-state index contributed by atoms with van der Waals surface area (Å²) >= 11 is 5.93. The highest BCUT2D eigenvalue weighted by atomic mass is 35.5. The third kappa shape index (κ3) is 5.13. The van der Waals surface area contributed by atoms with Crippen LogP contribution in [0.2, 0.25) is 5.02 Å². The minimum Gasteiger partial charge on any atom is -0.378 e. The third-order valence-electron chi connectivity index (χ3n) is 3.85. The van der Waals surface area contributed by atoms with Crippen LogP contribution in [0.15, 0.2) is 24.3 Å². The SMILES string of the molecule is CNCC(CCC1CCCO1)Cc1ccc(Cl)cc1. The fourth-order valence-electron chi connectivity index (χ4n) is 2.81. The molecule has 2 rings (SSSR count). The number of halogens is 1. The molecule has 1 aromatic carbocycles. The van der Waals surface area contributed by atoms with E-state index in [0.717, 1.165) is 24.6 Å². The zero-order valence-electron chi connectivity index (χ0n) is 11.7. The van der Waals surface area contributed by atoms with Crippen molar-refractivity contribution in [2.75, 3.05) is 20.2 Å². The van der Waals surface area contributed by atoms with E-state index >= 15 is 0 Å². The fraction of sp³-hybridized carbons (Fsp3) is 0.625. The van der Waals surface area contributed by atoms with Crippen molar-refractivity contribution in [1.82, 2.24) is 5.32 Å². The molecular formula is C16H24ClNO. The molecule has 1 heterocycles. The van der Waals surface area contributed by atoms with Crippen LogP contribution in [0.5, 0.6) is 0 Å². The Balaban J connectivity index is 1.82. The zero-order chi connectivity index (χ0) is 13.5. The summed E-state index contributed by atoms with van der Waals surface area (Å²) in [5.41, 5.74) is 1.37. The van der Waals surface area contributed by atoms with E-state index in [0.29, 0.717) is 12.0 Å². The first kappa shape index (κ1) is 14.8. The highest BCUT2D eigenvalue weighted by Crippen LogP contribution is 2.22. The topological polar surface area (TPSA) is 21.3 Å². The molecule has 0 bridgehead atoms. The van der Waals surface area contributed by atoms with Crippen LogP contribution in [-0.2, 0) is 11.2 Å². The molecule has 0 radical (unpaired) electrons. The standard InChI is InChI=1S/C16H24ClNO/c1-18-12-14(6-9-16-3-2-10-19-16)11-13-4-7-15(17)8-5-13/h4-5,7-8,14,16,18H,2-3,6,9-12H2,1H3. The highest BCUT2D eigenvalue weighted by Gasteiger charge is 2.18. The Bertz CT molecular complexity index is 360. The predicted octanol–water partition coefficient (Wildman–Crippen LogP) is 3.68. The molecule has 1 fully saturated rings. The van der Waals surface area contributed by atoms with E-state index in [1.807, 2.05) is 19.2 Å². The lowest BCUT2D eigenvalue weighted by atomic mass is 9.93. The summed E-state index contributed by atoms with van der Waals surface area (Å²) in [4.78, 5) is 0. The van der Waals surface area contributed by atoms with Crippen LogP contribution in [0.4, 0.5) is 0 Å². The Morgan fingerprint density at radius 2 is 2.16 bits per heavy atom. The van der Waals surface area contributed by atoms with Crippen LogP contribution in [0.25, 0.3) is 0 Å². The van der Waals surface area contributed by atoms with Gasteiger partial charge in [0.1, 0.15) is 0 Å². The molecule has 1 saturated heterocycles. The van der Waals surface area contributed by atoms with Crippen LogP contribution in [0.3, 0.4) is 0 Å². The van der Waals surface area contributed by atoms with Gasteiger partial charge in [-0.25, -0.2) is 0 Å². The van der Waals surface area contributed by atoms with Gasteiger partial charge in [-0.3, -0.25) is 0 Å². The molecular weight excluding hydrogens is 258 g/mol. The quantitative estimate of drug-likeness (QED) is 0.823. The first-order valence-electron chi connectivity index (χ1n) is 7.28. The van der Waals surface area contributed by atoms with Gasteiger partial charge in [0.25, 0.3) is 0 Å². The molecule has 19 heavy (non-hydrogen) atoms. The molecule has 2 atom stereocenters. The fourth-order valence-corrected chi connectivity index (χ4v) is 2.94. The summed E-state index contributed by atoms with van der Waals surface area (Å²) in [6.07, 6.45) is 6.52. The molecule has 106 valence electrons. The van der Waals surface area contributed by atoms with Crippen LogP contribution < -0.4 is 5.32 Å². The van der Waals surface area contributed by atoms with E-state index in [9.17, 15) is 0 Å². The average Bonchev–Trinajstić information content (AvgIpc) is 2.92. The maximum Gasteiger partial charge on any atom is 0.0576 e.